The Bertz CT molecular complexity index is 1030. The molecule has 1 saturated heterocycles. The van der Waals surface area contributed by atoms with Gasteiger partial charge in [0, 0.05) is 26.2 Å². The molecule has 0 saturated carbocycles. The highest BCUT2D eigenvalue weighted by Gasteiger charge is 2.31. The first kappa shape index (κ1) is 20.7. The molecule has 0 radical (unpaired) electrons. The predicted molar refractivity (Wildman–Crippen MR) is 98.9 cm³/mol. The van der Waals surface area contributed by atoms with Crippen LogP contribution in [0.5, 0.6) is 5.75 Å². The number of hydrogen-bond donors (Lipinski definition) is 0. The topological polar surface area (TPSA) is 90.7 Å². The van der Waals surface area contributed by atoms with Crippen LogP contribution in [0.2, 0.25) is 0 Å². The third-order valence-corrected chi connectivity index (χ3v) is 6.39. The zero-order valence-corrected chi connectivity index (χ0v) is 16.0. The summed E-state index contributed by atoms with van der Waals surface area (Å²) in [5.74, 6) is -0.725. The predicted octanol–water partition coefficient (Wildman–Crippen LogP) is 2.31. The van der Waals surface area contributed by atoms with Crippen molar-refractivity contribution in [2.75, 3.05) is 26.2 Å². The Balaban J connectivity index is 1.70. The lowest BCUT2D eigenvalue weighted by molar-refractivity contribution is -0.0503. The summed E-state index contributed by atoms with van der Waals surface area (Å²) in [6, 6.07) is 13.2. The zero-order valence-electron chi connectivity index (χ0n) is 15.2. The van der Waals surface area contributed by atoms with Gasteiger partial charge in [-0.15, -0.1) is 0 Å². The van der Waals surface area contributed by atoms with Gasteiger partial charge in [-0.25, -0.2) is 8.42 Å². The quantitative estimate of drug-likeness (QED) is 0.739. The highest BCUT2D eigenvalue weighted by Crippen LogP contribution is 2.24. The summed E-state index contributed by atoms with van der Waals surface area (Å²) in [6.45, 7) is -2.72. The number of carbonyl (C=O) groups is 1. The van der Waals surface area contributed by atoms with E-state index in [0.717, 1.165) is 0 Å². The second kappa shape index (κ2) is 8.55. The minimum absolute atomic E-state index is 0.00352. The average molecular weight is 421 g/mol. The molecule has 2 aromatic carbocycles. The van der Waals surface area contributed by atoms with E-state index in [9.17, 15) is 22.0 Å². The largest absolute Gasteiger partial charge is 0.434 e. The van der Waals surface area contributed by atoms with Crippen LogP contribution in [0.1, 0.15) is 15.9 Å². The van der Waals surface area contributed by atoms with E-state index in [0.29, 0.717) is 5.56 Å². The summed E-state index contributed by atoms with van der Waals surface area (Å²) >= 11 is 0. The zero-order chi connectivity index (χ0) is 21.0. The van der Waals surface area contributed by atoms with Crippen LogP contribution in [0.15, 0.2) is 53.4 Å². The molecule has 1 amide bonds. The number of piperazine rings is 1. The van der Waals surface area contributed by atoms with Crippen molar-refractivity contribution in [2.45, 2.75) is 11.5 Å². The van der Waals surface area contributed by atoms with Gasteiger partial charge in [-0.2, -0.15) is 18.3 Å². The number of nitrogens with zero attached hydrogens (tertiary/aromatic N) is 3. The second-order valence-electron chi connectivity index (χ2n) is 6.21. The lowest BCUT2D eigenvalue weighted by Gasteiger charge is -2.34. The summed E-state index contributed by atoms with van der Waals surface area (Å²) in [5.41, 5.74) is 0.347. The molecule has 0 unspecified atom stereocenters. The van der Waals surface area contributed by atoms with E-state index >= 15 is 0 Å². The Morgan fingerprint density at radius 1 is 1.03 bits per heavy atom. The van der Waals surface area contributed by atoms with Gasteiger partial charge in [-0.05, 0) is 36.4 Å². The maximum Gasteiger partial charge on any atom is 0.387 e. The van der Waals surface area contributed by atoms with Gasteiger partial charge in [0.1, 0.15) is 5.75 Å². The number of nitriles is 1. The van der Waals surface area contributed by atoms with Crippen LogP contribution in [0.4, 0.5) is 8.78 Å². The fraction of sp³-hybridized carbons (Fsp3) is 0.263. The number of hydrogen-bond acceptors (Lipinski definition) is 5. The van der Waals surface area contributed by atoms with Crippen molar-refractivity contribution < 1.29 is 26.7 Å². The Kier molecular flexibility index (Phi) is 6.10. The number of amides is 1. The summed E-state index contributed by atoms with van der Waals surface area (Å²) in [5, 5.41) is 8.83. The molecule has 0 atom stereocenters. The first-order valence-corrected chi connectivity index (χ1v) is 10.1. The van der Waals surface area contributed by atoms with E-state index in [-0.39, 0.29) is 42.4 Å². The normalized spacial score (nSPS) is 15.2. The Morgan fingerprint density at radius 3 is 2.24 bits per heavy atom. The standard InChI is InChI=1S/C19H17F2N3O4S/c20-19(21)28-17-4-2-1-3-16(17)18(25)23-9-11-24(12-10-23)29(26,27)15-7-5-14(13-22)6-8-15/h1-8,19H,9-12H2. The number of benzene rings is 2. The fourth-order valence-electron chi connectivity index (χ4n) is 2.99. The van der Waals surface area contributed by atoms with Crippen LogP contribution in [-0.4, -0.2) is 56.3 Å². The van der Waals surface area contributed by atoms with Gasteiger partial charge >= 0.3 is 6.61 Å². The minimum atomic E-state index is -3.76. The maximum atomic E-state index is 12.7. The van der Waals surface area contributed by atoms with Crippen LogP contribution in [0, 0.1) is 11.3 Å². The summed E-state index contributed by atoms with van der Waals surface area (Å²) in [7, 11) is -3.76. The van der Waals surface area contributed by atoms with E-state index in [1.54, 1.807) is 0 Å². The number of para-hydroxylation sites is 1. The lowest BCUT2D eigenvalue weighted by atomic mass is 10.1. The molecule has 1 fully saturated rings. The van der Waals surface area contributed by atoms with E-state index in [4.69, 9.17) is 5.26 Å². The van der Waals surface area contributed by atoms with Gasteiger partial charge in [-0.3, -0.25) is 4.79 Å². The molecule has 1 heterocycles. The van der Waals surface area contributed by atoms with Gasteiger partial charge in [-0.1, -0.05) is 12.1 Å². The molecule has 10 heteroatoms. The Hall–Kier alpha value is -3.03. The van der Waals surface area contributed by atoms with Crippen molar-refractivity contribution in [3.63, 3.8) is 0 Å². The first-order chi connectivity index (χ1) is 13.8. The average Bonchev–Trinajstić information content (AvgIpc) is 2.73. The number of rotatable bonds is 5. The van der Waals surface area contributed by atoms with Crippen molar-refractivity contribution >= 4 is 15.9 Å². The number of carbonyl (C=O) groups excluding carboxylic acids is 1. The highest BCUT2D eigenvalue weighted by molar-refractivity contribution is 7.89. The molecular formula is C19H17F2N3O4S. The molecule has 0 aromatic heterocycles. The maximum absolute atomic E-state index is 12.7. The second-order valence-corrected chi connectivity index (χ2v) is 8.15. The molecule has 29 heavy (non-hydrogen) atoms. The Labute approximate surface area is 166 Å². The molecule has 1 aliphatic heterocycles. The summed E-state index contributed by atoms with van der Waals surface area (Å²) < 4.78 is 56.3. The molecule has 7 nitrogen and oxygen atoms in total. The van der Waals surface area contributed by atoms with E-state index in [1.807, 2.05) is 6.07 Å². The fourth-order valence-corrected chi connectivity index (χ4v) is 4.42. The van der Waals surface area contributed by atoms with Gasteiger partial charge < -0.3 is 9.64 Å². The van der Waals surface area contributed by atoms with Crippen LogP contribution in [-0.2, 0) is 10.0 Å². The number of sulfonamides is 1. The Morgan fingerprint density at radius 2 is 1.66 bits per heavy atom. The first-order valence-electron chi connectivity index (χ1n) is 8.66. The third-order valence-electron chi connectivity index (χ3n) is 4.48. The molecule has 0 aliphatic carbocycles. The van der Waals surface area contributed by atoms with Gasteiger partial charge in [0.25, 0.3) is 5.91 Å². The molecular weight excluding hydrogens is 404 g/mol. The monoisotopic (exact) mass is 421 g/mol. The molecule has 152 valence electrons. The van der Waals surface area contributed by atoms with Gasteiger partial charge in [0.05, 0.1) is 22.1 Å². The molecule has 2 aromatic rings. The van der Waals surface area contributed by atoms with Crippen LogP contribution in [0.3, 0.4) is 0 Å². The van der Waals surface area contributed by atoms with Gasteiger partial charge in [0.15, 0.2) is 0 Å². The third kappa shape index (κ3) is 4.52. The van der Waals surface area contributed by atoms with E-state index in [2.05, 4.69) is 4.74 Å². The van der Waals surface area contributed by atoms with Crippen molar-refractivity contribution in [3.05, 3.63) is 59.7 Å². The molecule has 0 spiro atoms. The molecule has 0 N–H and O–H groups in total. The van der Waals surface area contributed by atoms with Gasteiger partial charge in [0.2, 0.25) is 10.0 Å². The number of ether oxygens (including phenoxy) is 1. The van der Waals surface area contributed by atoms with Crippen LogP contribution < -0.4 is 4.74 Å². The van der Waals surface area contributed by atoms with Crippen molar-refractivity contribution in [2.24, 2.45) is 0 Å². The van der Waals surface area contributed by atoms with Crippen LogP contribution in [0.25, 0.3) is 0 Å². The number of alkyl halides is 2. The van der Waals surface area contributed by atoms with Crippen molar-refractivity contribution in [3.8, 4) is 11.8 Å². The smallest absolute Gasteiger partial charge is 0.387 e. The lowest BCUT2D eigenvalue weighted by Crippen LogP contribution is -2.50. The highest BCUT2D eigenvalue weighted by atomic mass is 32.2. The molecule has 3 rings (SSSR count). The molecule has 1 aliphatic rings. The number of halogens is 2. The summed E-state index contributed by atoms with van der Waals surface area (Å²) in [4.78, 5) is 14.2. The molecule has 0 bridgehead atoms. The van der Waals surface area contributed by atoms with Crippen molar-refractivity contribution in [1.82, 2.24) is 9.21 Å². The SMILES string of the molecule is N#Cc1ccc(S(=O)(=O)N2CCN(C(=O)c3ccccc3OC(F)F)CC2)cc1. The van der Waals surface area contributed by atoms with E-state index < -0.39 is 22.5 Å². The minimum Gasteiger partial charge on any atom is -0.434 e. The summed E-state index contributed by atoms with van der Waals surface area (Å²) in [6.07, 6.45) is 0. The van der Waals surface area contributed by atoms with E-state index in [1.165, 1.54) is 57.7 Å². The van der Waals surface area contributed by atoms with Crippen molar-refractivity contribution in [1.29, 1.82) is 5.26 Å². The van der Waals surface area contributed by atoms with Crippen LogP contribution >= 0.6 is 0 Å².